The van der Waals surface area contributed by atoms with E-state index in [2.05, 4.69) is 22.5 Å². The van der Waals surface area contributed by atoms with Crippen molar-refractivity contribution >= 4 is 86.3 Å². The van der Waals surface area contributed by atoms with Crippen LogP contribution in [-0.4, -0.2) is 77.4 Å². The van der Waals surface area contributed by atoms with Crippen LogP contribution in [-0.2, 0) is 23.9 Å². The van der Waals surface area contributed by atoms with E-state index in [1.807, 2.05) is 38.1 Å². The largest absolute Gasteiger partial charge is 0.508 e. The van der Waals surface area contributed by atoms with Crippen molar-refractivity contribution in [1.29, 1.82) is 0 Å². The number of phenols is 1. The van der Waals surface area contributed by atoms with E-state index in [-0.39, 0.29) is 60.5 Å². The Hall–Kier alpha value is -4.81. The average molecular weight is 837 g/mol. The van der Waals surface area contributed by atoms with E-state index in [1.165, 1.54) is 0 Å². The number of carbonyl (C=O) groups is 5. The minimum Gasteiger partial charge on any atom is -0.508 e. The third kappa shape index (κ3) is 9.39. The van der Waals surface area contributed by atoms with Crippen LogP contribution in [0.15, 0.2) is 43.0 Å². The van der Waals surface area contributed by atoms with E-state index in [0.29, 0.717) is 41.6 Å². The van der Waals surface area contributed by atoms with Crippen molar-refractivity contribution in [1.82, 2.24) is 10.6 Å². The molecule has 12 nitrogen and oxygen atoms in total. The van der Waals surface area contributed by atoms with Gasteiger partial charge in [-0.25, -0.2) is 4.79 Å². The summed E-state index contributed by atoms with van der Waals surface area (Å²) in [5.41, 5.74) is 5.03. The lowest BCUT2D eigenvalue weighted by molar-refractivity contribution is -0.128. The van der Waals surface area contributed by atoms with E-state index in [1.54, 1.807) is 63.5 Å². The Balaban J connectivity index is 1.31. The van der Waals surface area contributed by atoms with Gasteiger partial charge in [0.25, 0.3) is 0 Å². The Bertz CT molecular complexity index is 2130. The number of nitrogens with zero attached hydrogens (tertiary/aromatic N) is 2. The molecule has 2 aliphatic heterocycles. The van der Waals surface area contributed by atoms with Gasteiger partial charge in [-0.3, -0.25) is 19.2 Å². The molecular weight excluding hydrogens is 781 g/mol. The fourth-order valence-electron chi connectivity index (χ4n) is 7.88. The second kappa shape index (κ2) is 18.0. The number of phenolic OH excluding ortho intramolecular Hbond substituents is 1. The monoisotopic (exact) mass is 835 g/mol. The predicted molar refractivity (Wildman–Crippen MR) is 231 cm³/mol. The Morgan fingerprint density at radius 2 is 1.43 bits per heavy atom. The molecule has 0 saturated carbocycles. The van der Waals surface area contributed by atoms with E-state index >= 15 is 0 Å². The number of benzene rings is 3. The highest BCUT2D eigenvalue weighted by molar-refractivity contribution is 6.19. The van der Waals surface area contributed by atoms with E-state index in [0.717, 1.165) is 33.0 Å². The van der Waals surface area contributed by atoms with Gasteiger partial charge in [-0.05, 0) is 87.6 Å². The molecule has 0 spiro atoms. The molecule has 3 aromatic carbocycles. The molecule has 3 aromatic rings. The van der Waals surface area contributed by atoms with E-state index in [9.17, 15) is 29.1 Å². The van der Waals surface area contributed by atoms with Crippen molar-refractivity contribution in [2.24, 2.45) is 5.92 Å². The van der Waals surface area contributed by atoms with Gasteiger partial charge in [0.05, 0.1) is 11.4 Å². The number of anilines is 3. The van der Waals surface area contributed by atoms with Crippen LogP contribution < -0.4 is 25.8 Å². The summed E-state index contributed by atoms with van der Waals surface area (Å²) in [5, 5.41) is 20.6. The lowest BCUT2D eigenvalue weighted by Gasteiger charge is -2.26. The van der Waals surface area contributed by atoms with Crippen LogP contribution in [0.4, 0.5) is 21.9 Å². The molecule has 4 atom stereocenters. The van der Waals surface area contributed by atoms with Crippen molar-refractivity contribution in [3.63, 3.8) is 0 Å². The number of nitrogens with one attached hydrogen (secondary N) is 3. The normalized spacial score (nSPS) is 17.1. The first-order valence-electron chi connectivity index (χ1n) is 19.7. The number of ether oxygens (including phenoxy) is 1. The fourth-order valence-corrected chi connectivity index (χ4v) is 8.39. The molecule has 312 valence electrons. The second-order valence-electron chi connectivity index (χ2n) is 16.7. The quantitative estimate of drug-likeness (QED) is 0.127. The van der Waals surface area contributed by atoms with Gasteiger partial charge in [-0.1, -0.05) is 50.3 Å². The highest BCUT2D eigenvalue weighted by atomic mass is 35.5. The minimum atomic E-state index is -0.991. The first-order valence-corrected chi connectivity index (χ1v) is 20.8. The number of aromatic hydroxyl groups is 1. The van der Waals surface area contributed by atoms with Gasteiger partial charge in [0.2, 0.25) is 23.6 Å². The number of halogens is 2. The number of allylic oxidation sites excluding steroid dienone is 1. The van der Waals surface area contributed by atoms with Gasteiger partial charge in [-0.15, -0.1) is 23.2 Å². The third-order valence-electron chi connectivity index (χ3n) is 10.7. The maximum atomic E-state index is 14.0. The van der Waals surface area contributed by atoms with Crippen LogP contribution in [0.3, 0.4) is 0 Å². The number of rotatable bonds is 13. The zero-order valence-corrected chi connectivity index (χ0v) is 36.1. The lowest BCUT2D eigenvalue weighted by atomic mass is 9.89. The van der Waals surface area contributed by atoms with E-state index in [4.69, 9.17) is 27.9 Å². The Morgan fingerprint density at radius 1 is 0.879 bits per heavy atom. The number of alkyl halides is 2. The van der Waals surface area contributed by atoms with Gasteiger partial charge in [0.15, 0.2) is 0 Å². The van der Waals surface area contributed by atoms with Crippen molar-refractivity contribution in [2.45, 2.75) is 104 Å². The zero-order chi connectivity index (χ0) is 42.8. The number of hydrogen-bond acceptors (Lipinski definition) is 7. The smallest absolute Gasteiger partial charge is 0.408 e. The summed E-state index contributed by atoms with van der Waals surface area (Å²) < 4.78 is 5.33. The molecule has 5 amide bonds. The first kappa shape index (κ1) is 44.3. The lowest BCUT2D eigenvalue weighted by Crippen LogP contribution is -2.54. The van der Waals surface area contributed by atoms with Crippen molar-refractivity contribution in [3.8, 4) is 5.75 Å². The summed E-state index contributed by atoms with van der Waals surface area (Å²) in [4.78, 5) is 70.4. The highest BCUT2D eigenvalue weighted by Gasteiger charge is 2.37. The Kier molecular flexibility index (Phi) is 13.7. The molecule has 0 bridgehead atoms. The molecule has 0 saturated heterocycles. The molecule has 14 heteroatoms. The highest BCUT2D eigenvalue weighted by Crippen LogP contribution is 2.47. The van der Waals surface area contributed by atoms with Gasteiger partial charge < -0.3 is 35.6 Å². The first-order chi connectivity index (χ1) is 27.3. The molecule has 2 heterocycles. The summed E-state index contributed by atoms with van der Waals surface area (Å²) in [7, 11) is 0. The SMILES string of the molecule is C=C(C)c1c(C)c(O)cc2c1[C@H](CCl)CN2C(=O)CCCC(=O)N1C[C@@H](CCl)c2c1cc(NC(=O)[C@H](C)NC(=O)[C@@H](NC(=O)OC(C)(C)C)C(C)C)c1ccccc21. The number of carbonyl (C=O) groups excluding carboxylic acids is 5. The van der Waals surface area contributed by atoms with Gasteiger partial charge in [-0.2, -0.15) is 0 Å². The number of alkyl carbamates (subject to hydrolysis) is 1. The van der Waals surface area contributed by atoms with Crippen molar-refractivity contribution < 1.29 is 33.8 Å². The molecule has 5 rings (SSSR count). The third-order valence-corrected chi connectivity index (χ3v) is 11.4. The molecule has 0 radical (unpaired) electrons. The summed E-state index contributed by atoms with van der Waals surface area (Å²) in [6.07, 6.45) is -0.270. The molecule has 2 aliphatic rings. The van der Waals surface area contributed by atoms with Crippen LogP contribution >= 0.6 is 23.2 Å². The minimum absolute atomic E-state index is 0.0798. The fraction of sp³-hybridized carbons (Fsp3) is 0.477. The molecular formula is C44H55Cl2N5O7. The topological polar surface area (TPSA) is 157 Å². The molecule has 0 fully saturated rings. The summed E-state index contributed by atoms with van der Waals surface area (Å²) in [6.45, 7) is 18.8. The summed E-state index contributed by atoms with van der Waals surface area (Å²) >= 11 is 12.9. The van der Waals surface area contributed by atoms with Crippen LogP contribution in [0.2, 0.25) is 0 Å². The maximum Gasteiger partial charge on any atom is 0.408 e. The van der Waals surface area contributed by atoms with Crippen LogP contribution in [0.1, 0.15) is 102 Å². The standard InChI is InChI=1S/C44H55Cl2N5O7/c1-23(2)37-25(5)34(52)18-33-39(37)28(20-46)22-51(33)36(54)16-12-15-35(53)50-21-27(19-45)38-30-14-11-10-13-29(30)31(17-32(38)50)48-41(55)26(6)47-42(56)40(24(3)4)49-43(57)58-44(7,8)9/h10-11,13-14,17-18,24,26-28,40,52H,1,12,15-16,19-22H2,2-9H3,(H,47,56)(H,48,55)(H,49,57)/t26-,27+,28+,40-/m0/s1. The molecule has 4 N–H and O–H groups in total. The second-order valence-corrected chi connectivity index (χ2v) is 17.3. The summed E-state index contributed by atoms with van der Waals surface area (Å²) in [6, 6.07) is 8.98. The van der Waals surface area contributed by atoms with Crippen molar-refractivity contribution in [3.05, 3.63) is 65.2 Å². The van der Waals surface area contributed by atoms with Crippen LogP contribution in [0.5, 0.6) is 5.75 Å². The molecule has 0 unspecified atom stereocenters. The van der Waals surface area contributed by atoms with Gasteiger partial charge in [0, 0.05) is 66.7 Å². The van der Waals surface area contributed by atoms with Crippen LogP contribution in [0.25, 0.3) is 16.3 Å². The van der Waals surface area contributed by atoms with Crippen LogP contribution in [0, 0.1) is 12.8 Å². The number of fused-ring (bicyclic) bond motifs is 4. The molecule has 0 aliphatic carbocycles. The Morgan fingerprint density at radius 3 is 1.97 bits per heavy atom. The average Bonchev–Trinajstić information content (AvgIpc) is 3.71. The maximum absolute atomic E-state index is 14.0. The van der Waals surface area contributed by atoms with Gasteiger partial charge in [0.1, 0.15) is 23.4 Å². The van der Waals surface area contributed by atoms with E-state index < -0.39 is 35.6 Å². The molecule has 58 heavy (non-hydrogen) atoms. The van der Waals surface area contributed by atoms with Gasteiger partial charge >= 0.3 is 6.09 Å². The summed E-state index contributed by atoms with van der Waals surface area (Å²) in [5.74, 6) is -1.36. The number of amides is 5. The Labute approximate surface area is 350 Å². The number of hydrogen-bond donors (Lipinski definition) is 4. The molecule has 0 aromatic heterocycles. The zero-order valence-electron chi connectivity index (χ0n) is 34.6. The predicted octanol–water partition coefficient (Wildman–Crippen LogP) is 8.09. The van der Waals surface area contributed by atoms with Crippen molar-refractivity contribution in [2.75, 3.05) is 40.0 Å².